The third-order valence-electron chi connectivity index (χ3n) is 1.52. The van der Waals surface area contributed by atoms with Crippen molar-refractivity contribution in [3.05, 3.63) is 23.8 Å². The number of benzene rings is 1. The van der Waals surface area contributed by atoms with Gasteiger partial charge in [-0.2, -0.15) is 0 Å². The molecule has 7 N–H and O–H groups in total. The second-order valence-corrected chi connectivity index (χ2v) is 2.72. The Bertz CT molecular complexity index is 445. The fourth-order valence-corrected chi connectivity index (χ4v) is 0.760. The van der Waals surface area contributed by atoms with E-state index >= 15 is 0 Å². The maximum absolute atomic E-state index is 10.6. The van der Waals surface area contributed by atoms with Crippen molar-refractivity contribution >= 4 is 23.5 Å². The lowest BCUT2D eigenvalue weighted by atomic mass is 10.1. The van der Waals surface area contributed by atoms with Crippen LogP contribution in [0.4, 0.5) is 5.69 Å². The van der Waals surface area contributed by atoms with Gasteiger partial charge >= 0.3 is 11.9 Å². The molecular weight excluding hydrogens is 232 g/mol. The van der Waals surface area contributed by atoms with Gasteiger partial charge in [-0.15, -0.1) is 0 Å². The van der Waals surface area contributed by atoms with E-state index in [1.807, 2.05) is 0 Å². The van der Waals surface area contributed by atoms with E-state index in [1.54, 1.807) is 6.07 Å². The Morgan fingerprint density at radius 2 is 1.53 bits per heavy atom. The van der Waals surface area contributed by atoms with Crippen LogP contribution in [0.15, 0.2) is 18.2 Å². The SMILES string of the molecule is NC(=O)c1cccc(N)c1O.O=C(O)C(=O)O. The van der Waals surface area contributed by atoms with Crippen molar-refractivity contribution in [1.82, 2.24) is 0 Å². The van der Waals surface area contributed by atoms with E-state index in [-0.39, 0.29) is 17.0 Å². The molecule has 1 aromatic rings. The van der Waals surface area contributed by atoms with Gasteiger partial charge in [0.2, 0.25) is 0 Å². The highest BCUT2D eigenvalue weighted by Gasteiger charge is 2.08. The fraction of sp³-hybridized carbons (Fsp3) is 0. The third kappa shape index (κ3) is 4.51. The van der Waals surface area contributed by atoms with Crippen LogP contribution >= 0.6 is 0 Å². The van der Waals surface area contributed by atoms with E-state index in [4.69, 9.17) is 36.4 Å². The first-order valence-electron chi connectivity index (χ1n) is 4.10. The van der Waals surface area contributed by atoms with Crippen LogP contribution in [0.1, 0.15) is 10.4 Å². The predicted molar refractivity (Wildman–Crippen MR) is 56.3 cm³/mol. The molecule has 0 saturated heterocycles. The average Bonchev–Trinajstić information content (AvgIpc) is 2.22. The highest BCUT2D eigenvalue weighted by molar-refractivity contribution is 6.27. The third-order valence-corrected chi connectivity index (χ3v) is 1.52. The number of primary amides is 1. The second kappa shape index (κ2) is 5.95. The number of rotatable bonds is 1. The Balaban J connectivity index is 0.000000366. The lowest BCUT2D eigenvalue weighted by molar-refractivity contribution is -0.159. The molecule has 0 fully saturated rings. The summed E-state index contributed by atoms with van der Waals surface area (Å²) in [4.78, 5) is 28.8. The zero-order valence-electron chi connectivity index (χ0n) is 8.45. The maximum Gasteiger partial charge on any atom is 0.414 e. The smallest absolute Gasteiger partial charge is 0.414 e. The lowest BCUT2D eigenvalue weighted by Crippen LogP contribution is -2.11. The normalized spacial score (nSPS) is 8.71. The summed E-state index contributed by atoms with van der Waals surface area (Å²) in [5.74, 6) is -4.58. The van der Waals surface area contributed by atoms with Gasteiger partial charge in [-0.25, -0.2) is 9.59 Å². The van der Waals surface area contributed by atoms with E-state index in [0.29, 0.717) is 0 Å². The Labute approximate surface area is 95.1 Å². The van der Waals surface area contributed by atoms with Crippen LogP contribution in [-0.2, 0) is 9.59 Å². The molecule has 0 aliphatic heterocycles. The van der Waals surface area contributed by atoms with Gasteiger partial charge in [-0.05, 0) is 12.1 Å². The lowest BCUT2D eigenvalue weighted by Gasteiger charge is -2.01. The van der Waals surface area contributed by atoms with Crippen LogP contribution < -0.4 is 11.5 Å². The molecule has 8 heteroatoms. The molecule has 0 bridgehead atoms. The largest absolute Gasteiger partial charge is 0.505 e. The Morgan fingerprint density at radius 3 is 1.82 bits per heavy atom. The molecule has 0 radical (unpaired) electrons. The van der Waals surface area contributed by atoms with E-state index in [0.717, 1.165) is 0 Å². The summed E-state index contributed by atoms with van der Waals surface area (Å²) >= 11 is 0. The van der Waals surface area contributed by atoms with Gasteiger partial charge in [-0.3, -0.25) is 4.79 Å². The van der Waals surface area contributed by atoms with Gasteiger partial charge in [0.15, 0.2) is 5.75 Å². The Kier molecular flexibility index (Phi) is 4.98. The number of carbonyl (C=O) groups excluding carboxylic acids is 1. The molecule has 0 aromatic heterocycles. The number of carboxylic acid groups (broad SMARTS) is 2. The zero-order valence-corrected chi connectivity index (χ0v) is 8.45. The Hall–Kier alpha value is -2.77. The van der Waals surface area contributed by atoms with Crippen LogP contribution in [-0.4, -0.2) is 33.2 Å². The van der Waals surface area contributed by atoms with Crippen molar-refractivity contribution in [2.24, 2.45) is 5.73 Å². The summed E-state index contributed by atoms with van der Waals surface area (Å²) in [6.45, 7) is 0. The highest BCUT2D eigenvalue weighted by atomic mass is 16.4. The molecule has 8 nitrogen and oxygen atoms in total. The molecule has 0 heterocycles. The van der Waals surface area contributed by atoms with Crippen molar-refractivity contribution in [2.45, 2.75) is 0 Å². The Morgan fingerprint density at radius 1 is 1.06 bits per heavy atom. The minimum absolute atomic E-state index is 0.0463. The summed E-state index contributed by atoms with van der Waals surface area (Å²) in [6, 6.07) is 4.45. The van der Waals surface area contributed by atoms with E-state index in [1.165, 1.54) is 12.1 Å². The molecule has 0 saturated carbocycles. The van der Waals surface area contributed by atoms with Gasteiger partial charge in [0.1, 0.15) is 0 Å². The van der Waals surface area contributed by atoms with Crippen LogP contribution in [0, 0.1) is 0 Å². The molecule has 0 spiro atoms. The number of nitrogen functional groups attached to an aromatic ring is 1. The molecule has 1 rings (SSSR count). The number of hydrogen-bond donors (Lipinski definition) is 5. The van der Waals surface area contributed by atoms with Crippen LogP contribution in [0.2, 0.25) is 0 Å². The molecular formula is C9H10N2O6. The molecule has 0 atom stereocenters. The zero-order chi connectivity index (χ0) is 13.6. The fourth-order valence-electron chi connectivity index (χ4n) is 0.760. The van der Waals surface area contributed by atoms with Crippen molar-refractivity contribution in [2.75, 3.05) is 5.73 Å². The first-order valence-corrected chi connectivity index (χ1v) is 4.10. The number of anilines is 1. The summed E-state index contributed by atoms with van der Waals surface area (Å²) in [5, 5.41) is 23.9. The monoisotopic (exact) mass is 242 g/mol. The van der Waals surface area contributed by atoms with Crippen molar-refractivity contribution in [1.29, 1.82) is 0 Å². The predicted octanol–water partition coefficient (Wildman–Crippen LogP) is -0.771. The van der Waals surface area contributed by atoms with E-state index in [9.17, 15) is 4.79 Å². The van der Waals surface area contributed by atoms with E-state index < -0.39 is 17.8 Å². The molecule has 1 amide bonds. The topological polar surface area (TPSA) is 164 Å². The summed E-state index contributed by atoms with van der Waals surface area (Å²) in [6.07, 6.45) is 0. The van der Waals surface area contributed by atoms with Crippen molar-refractivity contribution in [3.8, 4) is 5.75 Å². The van der Waals surface area contributed by atoms with Gasteiger partial charge in [-0.1, -0.05) is 6.07 Å². The molecule has 0 unspecified atom stereocenters. The van der Waals surface area contributed by atoms with Gasteiger partial charge in [0.05, 0.1) is 11.3 Å². The molecule has 0 aliphatic rings. The number of nitrogens with two attached hydrogens (primary N) is 2. The molecule has 17 heavy (non-hydrogen) atoms. The molecule has 92 valence electrons. The number of phenols is 1. The molecule has 1 aromatic carbocycles. The van der Waals surface area contributed by atoms with Gasteiger partial charge < -0.3 is 26.8 Å². The van der Waals surface area contributed by atoms with Gasteiger partial charge in [0, 0.05) is 0 Å². The summed E-state index contributed by atoms with van der Waals surface area (Å²) < 4.78 is 0. The maximum atomic E-state index is 10.6. The first-order chi connectivity index (χ1) is 7.77. The van der Waals surface area contributed by atoms with Crippen LogP contribution in [0.25, 0.3) is 0 Å². The second-order valence-electron chi connectivity index (χ2n) is 2.72. The number of carboxylic acids is 2. The number of hydrogen-bond acceptors (Lipinski definition) is 5. The number of carbonyl (C=O) groups is 3. The van der Waals surface area contributed by atoms with Crippen LogP contribution in [0.5, 0.6) is 5.75 Å². The average molecular weight is 242 g/mol. The number of amides is 1. The minimum Gasteiger partial charge on any atom is -0.505 e. The first kappa shape index (κ1) is 14.2. The van der Waals surface area contributed by atoms with E-state index in [2.05, 4.69) is 0 Å². The minimum atomic E-state index is -1.82. The van der Waals surface area contributed by atoms with Crippen molar-refractivity contribution < 1.29 is 29.7 Å². The summed E-state index contributed by atoms with van der Waals surface area (Å²) in [5.41, 5.74) is 10.4. The summed E-state index contributed by atoms with van der Waals surface area (Å²) in [7, 11) is 0. The van der Waals surface area contributed by atoms with Crippen molar-refractivity contribution in [3.63, 3.8) is 0 Å². The quantitative estimate of drug-likeness (QED) is 0.245. The standard InChI is InChI=1S/C7H8N2O2.C2H2O4/c8-5-3-1-2-4(6(5)10)7(9)11;3-1(4)2(5)6/h1-3,10H,8H2,(H2,9,11);(H,3,4)(H,5,6). The number of aliphatic carboxylic acids is 2. The van der Waals surface area contributed by atoms with Crippen LogP contribution in [0.3, 0.4) is 0 Å². The molecule has 0 aliphatic carbocycles. The number of para-hydroxylation sites is 1. The highest BCUT2D eigenvalue weighted by Crippen LogP contribution is 2.23. The van der Waals surface area contributed by atoms with Gasteiger partial charge in [0.25, 0.3) is 5.91 Å². The number of aromatic hydroxyl groups is 1.